The van der Waals surface area contributed by atoms with Crippen molar-refractivity contribution in [3.05, 3.63) is 0 Å². The van der Waals surface area contributed by atoms with Crippen molar-refractivity contribution in [2.75, 3.05) is 26.2 Å². The van der Waals surface area contributed by atoms with Gasteiger partial charge in [-0.3, -0.25) is 53.1 Å². The zero-order chi connectivity index (χ0) is 41.4. The SMILES string of the molecule is C.CC(C)CC(=O)NCCN1C(=O)CC(C(C)C)C1=O.CC(C)CCCC(=O)CCN1C(=O)CC(C(C)C)C1=O.CC(C)CCN1C(=O)CC(C(C)C)C1=O. The second-order valence-electron chi connectivity index (χ2n) is 17.5. The van der Waals surface area contributed by atoms with Crippen molar-refractivity contribution >= 4 is 47.1 Å². The Morgan fingerprint density at radius 2 is 0.927 bits per heavy atom. The van der Waals surface area contributed by atoms with E-state index < -0.39 is 0 Å². The predicted octanol–water partition coefficient (Wildman–Crippen LogP) is 6.68. The van der Waals surface area contributed by atoms with Gasteiger partial charge in [0.2, 0.25) is 41.4 Å². The molecule has 0 saturated carbocycles. The van der Waals surface area contributed by atoms with Gasteiger partial charge in [-0.1, -0.05) is 96.9 Å². The van der Waals surface area contributed by atoms with Gasteiger partial charge in [0.1, 0.15) is 5.78 Å². The molecule has 12 nitrogen and oxygen atoms in total. The smallest absolute Gasteiger partial charge is 0.233 e. The zero-order valence-corrected chi connectivity index (χ0v) is 35.5. The lowest BCUT2D eigenvalue weighted by Crippen LogP contribution is -2.39. The van der Waals surface area contributed by atoms with Crippen LogP contribution in [0.1, 0.15) is 148 Å². The molecule has 316 valence electrons. The first-order valence-electron chi connectivity index (χ1n) is 20.4. The summed E-state index contributed by atoms with van der Waals surface area (Å²) in [5.74, 6) is 1.33. The minimum Gasteiger partial charge on any atom is -0.354 e. The molecule has 0 aromatic rings. The number of likely N-dealkylation sites (tertiary alicyclic amines) is 3. The van der Waals surface area contributed by atoms with E-state index in [9.17, 15) is 38.4 Å². The van der Waals surface area contributed by atoms with Crippen LogP contribution in [-0.4, -0.2) is 88.0 Å². The molecule has 3 aliphatic heterocycles. The van der Waals surface area contributed by atoms with Gasteiger partial charge >= 0.3 is 0 Å². The molecule has 0 radical (unpaired) electrons. The summed E-state index contributed by atoms with van der Waals surface area (Å²) in [6.07, 6.45) is 5.19. The molecule has 0 aromatic heterocycles. The number of hydrogen-bond acceptors (Lipinski definition) is 8. The minimum absolute atomic E-state index is 0. The van der Waals surface area contributed by atoms with Gasteiger partial charge in [0.05, 0.1) is 0 Å². The molecule has 3 atom stereocenters. The summed E-state index contributed by atoms with van der Waals surface area (Å²) in [5.41, 5.74) is 0. The number of carbonyl (C=O) groups excluding carboxylic acids is 8. The molecule has 0 bridgehead atoms. The highest BCUT2D eigenvalue weighted by Gasteiger charge is 2.41. The highest BCUT2D eigenvalue weighted by Crippen LogP contribution is 2.28. The highest BCUT2D eigenvalue weighted by molar-refractivity contribution is 6.05. The van der Waals surface area contributed by atoms with Gasteiger partial charge in [0, 0.05) is 82.5 Å². The number of imide groups is 3. The van der Waals surface area contributed by atoms with Crippen LogP contribution in [0.25, 0.3) is 0 Å². The van der Waals surface area contributed by atoms with Crippen molar-refractivity contribution < 1.29 is 38.4 Å². The van der Waals surface area contributed by atoms with Gasteiger partial charge in [-0.15, -0.1) is 0 Å². The standard InChI is InChI=1S/C16H27NO3.C14H24N2O3.C12H21NO2.CH4/c1-11(2)6-5-7-13(18)8-9-17-15(19)10-14(12(3)4)16(17)20;1-9(2)7-12(17)15-5-6-16-13(18)8-11(10(3)4)14(16)19;1-8(2)5-6-13-11(14)7-10(9(3)4)12(13)15;/h11-12,14H,5-10H2,1-4H3;9-11H,5-8H2,1-4H3,(H,15,17);8-10H,5-7H2,1-4H3;1H4. The van der Waals surface area contributed by atoms with Crippen molar-refractivity contribution in [2.24, 2.45) is 53.3 Å². The molecule has 7 amide bonds. The van der Waals surface area contributed by atoms with E-state index in [2.05, 4.69) is 33.0 Å². The second-order valence-corrected chi connectivity index (χ2v) is 17.5. The van der Waals surface area contributed by atoms with E-state index in [1.807, 2.05) is 55.4 Å². The van der Waals surface area contributed by atoms with Crippen LogP contribution in [0.3, 0.4) is 0 Å². The number of rotatable bonds is 18. The van der Waals surface area contributed by atoms with Gasteiger partial charge in [0.15, 0.2) is 0 Å². The van der Waals surface area contributed by atoms with Crippen molar-refractivity contribution in [2.45, 2.75) is 148 Å². The highest BCUT2D eigenvalue weighted by atomic mass is 16.2. The molecule has 12 heteroatoms. The van der Waals surface area contributed by atoms with Crippen LogP contribution in [-0.2, 0) is 38.4 Å². The summed E-state index contributed by atoms with van der Waals surface area (Å²) in [7, 11) is 0. The second kappa shape index (κ2) is 24.9. The number of hydrogen-bond donors (Lipinski definition) is 1. The molecular formula is C43H76N4O8. The van der Waals surface area contributed by atoms with Gasteiger partial charge < -0.3 is 5.32 Å². The lowest BCUT2D eigenvalue weighted by Gasteiger charge is -2.17. The predicted molar refractivity (Wildman–Crippen MR) is 216 cm³/mol. The number of ketones is 1. The summed E-state index contributed by atoms with van der Waals surface area (Å²) in [5, 5.41) is 2.74. The Balaban J connectivity index is 0.000000796. The summed E-state index contributed by atoms with van der Waals surface area (Å²) in [4.78, 5) is 98.4. The molecule has 3 aliphatic rings. The summed E-state index contributed by atoms with van der Waals surface area (Å²) in [6, 6.07) is 0. The molecule has 3 heterocycles. The maximum atomic E-state index is 12.1. The fourth-order valence-corrected chi connectivity index (χ4v) is 6.60. The molecule has 3 unspecified atom stereocenters. The van der Waals surface area contributed by atoms with Gasteiger partial charge in [-0.25, -0.2) is 0 Å². The van der Waals surface area contributed by atoms with E-state index in [0.29, 0.717) is 69.4 Å². The van der Waals surface area contributed by atoms with Crippen LogP contribution < -0.4 is 5.32 Å². The Labute approximate surface area is 332 Å². The quantitative estimate of drug-likeness (QED) is 0.151. The van der Waals surface area contributed by atoms with Crippen LogP contribution in [0.2, 0.25) is 0 Å². The normalized spacial score (nSPS) is 20.0. The molecular weight excluding hydrogens is 700 g/mol. The number of nitrogens with zero attached hydrogens (tertiary/aromatic N) is 3. The average Bonchev–Trinajstić information content (AvgIpc) is 3.63. The van der Waals surface area contributed by atoms with Crippen molar-refractivity contribution in [3.8, 4) is 0 Å². The number of amides is 7. The molecule has 0 aliphatic carbocycles. The lowest BCUT2D eigenvalue weighted by atomic mass is 9.94. The molecule has 3 saturated heterocycles. The van der Waals surface area contributed by atoms with E-state index in [0.717, 1.165) is 19.3 Å². The van der Waals surface area contributed by atoms with E-state index in [-0.39, 0.29) is 103 Å². The van der Waals surface area contributed by atoms with Crippen LogP contribution in [0.15, 0.2) is 0 Å². The Morgan fingerprint density at radius 3 is 1.27 bits per heavy atom. The van der Waals surface area contributed by atoms with Crippen LogP contribution in [0, 0.1) is 53.3 Å². The van der Waals surface area contributed by atoms with E-state index in [1.165, 1.54) is 14.7 Å². The lowest BCUT2D eigenvalue weighted by molar-refractivity contribution is -0.141. The first-order chi connectivity index (χ1) is 25.1. The maximum Gasteiger partial charge on any atom is 0.233 e. The molecule has 1 N–H and O–H groups in total. The van der Waals surface area contributed by atoms with E-state index >= 15 is 0 Å². The minimum atomic E-state index is -0.196. The summed E-state index contributed by atoms with van der Waals surface area (Å²) in [6.45, 7) is 25.7. The maximum absolute atomic E-state index is 12.1. The van der Waals surface area contributed by atoms with Crippen LogP contribution in [0.5, 0.6) is 0 Å². The molecule has 55 heavy (non-hydrogen) atoms. The largest absolute Gasteiger partial charge is 0.354 e. The first kappa shape index (κ1) is 51.6. The zero-order valence-electron chi connectivity index (χ0n) is 35.5. The van der Waals surface area contributed by atoms with Gasteiger partial charge in [0.25, 0.3) is 0 Å². The third-order valence-corrected chi connectivity index (χ3v) is 10.3. The van der Waals surface area contributed by atoms with E-state index in [4.69, 9.17) is 0 Å². The molecule has 3 rings (SSSR count). The van der Waals surface area contributed by atoms with Crippen molar-refractivity contribution in [1.82, 2.24) is 20.0 Å². The Hall–Kier alpha value is -3.44. The Bertz CT molecular complexity index is 1310. The number of nitrogens with one attached hydrogen (secondary N) is 1. The fraction of sp³-hybridized carbons (Fsp3) is 0.814. The number of carbonyl (C=O) groups is 8. The van der Waals surface area contributed by atoms with E-state index in [1.54, 1.807) is 0 Å². The van der Waals surface area contributed by atoms with Crippen molar-refractivity contribution in [1.29, 1.82) is 0 Å². The van der Waals surface area contributed by atoms with Crippen LogP contribution >= 0.6 is 0 Å². The molecule has 0 aromatic carbocycles. The number of Topliss-reactive ketones (excluding diaryl/α,β-unsaturated/α-hetero) is 1. The third kappa shape index (κ3) is 17.5. The van der Waals surface area contributed by atoms with Crippen molar-refractivity contribution in [3.63, 3.8) is 0 Å². The third-order valence-electron chi connectivity index (χ3n) is 10.3. The monoisotopic (exact) mass is 777 g/mol. The fourth-order valence-electron chi connectivity index (χ4n) is 6.60. The first-order valence-corrected chi connectivity index (χ1v) is 20.4. The summed E-state index contributed by atoms with van der Waals surface area (Å²) < 4.78 is 0. The van der Waals surface area contributed by atoms with Gasteiger partial charge in [-0.2, -0.15) is 0 Å². The molecule has 3 fully saturated rings. The average molecular weight is 777 g/mol. The Morgan fingerprint density at radius 1 is 0.545 bits per heavy atom. The topological polar surface area (TPSA) is 158 Å². The molecule has 0 spiro atoms. The van der Waals surface area contributed by atoms with Gasteiger partial charge in [-0.05, 0) is 48.3 Å². The van der Waals surface area contributed by atoms with Crippen LogP contribution in [0.4, 0.5) is 0 Å². The summed E-state index contributed by atoms with van der Waals surface area (Å²) >= 11 is 0. The Kier molecular flexibility index (Phi) is 23.4.